The average Bonchev–Trinajstić information content (AvgIpc) is 1.64. The lowest BCUT2D eigenvalue weighted by Gasteiger charge is -2.10. The number of nitrogens with one attached hydrogen (secondary N) is 1. The molecule has 594 valence electrons. The highest BCUT2D eigenvalue weighted by Gasteiger charge is 2.17. The Morgan fingerprint density at radius 3 is 1.44 bits per heavy atom. The largest absolute Gasteiger partial charge is 0.505 e. The second-order valence-electron chi connectivity index (χ2n) is 20.8. The van der Waals surface area contributed by atoms with Gasteiger partial charge in [-0.15, -0.1) is 0 Å². The minimum atomic E-state index is -0.484. The van der Waals surface area contributed by atoms with Crippen LogP contribution in [0.5, 0.6) is 34.5 Å². The minimum absolute atomic E-state index is 0. The van der Waals surface area contributed by atoms with E-state index in [9.17, 15) is 28.6 Å². The molecule has 0 radical (unpaired) electrons. The molecule has 8 aromatic heterocycles. The van der Waals surface area contributed by atoms with Crippen molar-refractivity contribution in [2.24, 2.45) is 4.99 Å². The van der Waals surface area contributed by atoms with Gasteiger partial charge in [0.25, 0.3) is 0 Å². The number of methoxy groups -OCH3 is 3. The molecule has 6 N–H and O–H groups in total. The number of hydrogen-bond acceptors (Lipinski definition) is 22. The van der Waals surface area contributed by atoms with E-state index < -0.39 is 11.6 Å². The number of aldehydes is 2. The maximum absolute atomic E-state index is 13.2. The highest BCUT2D eigenvalue weighted by atomic mass is 35.5. The van der Waals surface area contributed by atoms with Crippen molar-refractivity contribution in [2.75, 3.05) is 52.8 Å². The first-order valence-corrected chi connectivity index (χ1v) is 33.2. The molecular formula is C80H110Cl4F2N10O12. The van der Waals surface area contributed by atoms with Crippen LogP contribution in [0, 0.1) is 11.6 Å². The number of fused-ring (bicyclic) bond motifs is 1. The minimum Gasteiger partial charge on any atom is -0.505 e. The van der Waals surface area contributed by atoms with E-state index in [4.69, 9.17) is 90.1 Å². The molecule has 0 fully saturated rings. The fraction of sp³-hybridized carbons (Fsp3) is 0.350. The molecule has 0 bridgehead atoms. The Morgan fingerprint density at radius 2 is 0.926 bits per heavy atom. The molecule has 0 aliphatic heterocycles. The molecule has 10 rings (SSSR count). The third kappa shape index (κ3) is 35.4. The molecule has 0 amide bonds. The second kappa shape index (κ2) is 59.4. The molecule has 28 heteroatoms. The van der Waals surface area contributed by atoms with Gasteiger partial charge in [-0.1, -0.05) is 165 Å². The first-order valence-electron chi connectivity index (χ1n) is 31.6. The number of nitrogen functional groups attached to an aromatic ring is 1. The number of nitrogens with two attached hydrogens (primary N) is 1. The smallest absolute Gasteiger partial charge is 0.215 e. The van der Waals surface area contributed by atoms with Crippen molar-refractivity contribution in [3.8, 4) is 34.5 Å². The van der Waals surface area contributed by atoms with Crippen LogP contribution in [0.15, 0.2) is 150 Å². The maximum atomic E-state index is 13.2. The van der Waals surface area contributed by atoms with Crippen LogP contribution < -0.4 is 25.3 Å². The SMILES string of the molecule is C.C.C.C.C.C.C.CCCc1nccc(C=Nc2ccc(F)c(Cl)c2)c1O.CCCc1nccc(C=O)c1O.CCCc1nccc(C=O)c1OCOC.CCCc1nccc2c(Nc3ccc(F)c(Cl)c3)c(N)oc12.CCCc1ncccc1OCOC.COCOc1cccnc1Cl.Oc1cccnc1Cl. The third-order valence-corrected chi connectivity index (χ3v) is 14.4. The van der Waals surface area contributed by atoms with Gasteiger partial charge in [0.15, 0.2) is 66.1 Å². The molecule has 0 spiro atoms. The quantitative estimate of drug-likeness (QED) is 0.0154. The van der Waals surface area contributed by atoms with Crippen LogP contribution in [0.1, 0.15) is 173 Å². The van der Waals surface area contributed by atoms with Gasteiger partial charge < -0.3 is 59.2 Å². The monoisotopic (exact) mass is 1580 g/mol. The Balaban J connectivity index is -0.000000590. The topological polar surface area (TPSA) is 304 Å². The maximum Gasteiger partial charge on any atom is 0.215 e. The van der Waals surface area contributed by atoms with Crippen LogP contribution >= 0.6 is 46.4 Å². The lowest BCUT2D eigenvalue weighted by molar-refractivity contribution is 0.0494. The zero-order chi connectivity index (χ0) is 73.9. The van der Waals surface area contributed by atoms with E-state index >= 15 is 0 Å². The fourth-order valence-electron chi connectivity index (χ4n) is 8.52. The van der Waals surface area contributed by atoms with Crippen LogP contribution in [0.4, 0.5) is 31.7 Å². The summed E-state index contributed by atoms with van der Waals surface area (Å²) in [5.41, 5.74) is 13.8. The van der Waals surface area contributed by atoms with Crippen LogP contribution in [0.25, 0.3) is 11.0 Å². The first-order chi connectivity index (χ1) is 48.9. The number of anilines is 3. The molecule has 0 atom stereocenters. The normalized spacial score (nSPS) is 9.65. The van der Waals surface area contributed by atoms with Crippen LogP contribution in [-0.2, 0) is 46.3 Å². The van der Waals surface area contributed by atoms with Crippen molar-refractivity contribution < 1.29 is 66.5 Å². The number of hydrogen-bond donors (Lipinski definition) is 5. The second-order valence-corrected chi connectivity index (χ2v) is 22.4. The summed E-state index contributed by atoms with van der Waals surface area (Å²) in [6.07, 6.45) is 23.1. The van der Waals surface area contributed by atoms with E-state index in [-0.39, 0.29) is 111 Å². The van der Waals surface area contributed by atoms with Crippen molar-refractivity contribution in [1.29, 1.82) is 0 Å². The third-order valence-electron chi connectivity index (χ3n) is 13.2. The van der Waals surface area contributed by atoms with Gasteiger partial charge in [-0.05, 0) is 129 Å². The molecule has 22 nitrogen and oxygen atoms in total. The number of benzene rings is 2. The molecular weight excluding hydrogens is 1470 g/mol. The molecule has 8 heterocycles. The highest BCUT2D eigenvalue weighted by Crippen LogP contribution is 2.37. The Hall–Kier alpha value is -9.66. The Labute approximate surface area is 657 Å². The van der Waals surface area contributed by atoms with Gasteiger partial charge in [0.05, 0.1) is 55.3 Å². The van der Waals surface area contributed by atoms with E-state index in [0.29, 0.717) is 86.5 Å². The fourth-order valence-corrected chi connectivity index (χ4v) is 9.16. The Kier molecular flexibility index (Phi) is 57.6. The van der Waals surface area contributed by atoms with Crippen LogP contribution in [0.2, 0.25) is 20.4 Å². The van der Waals surface area contributed by atoms with Crippen molar-refractivity contribution in [3.63, 3.8) is 0 Å². The van der Waals surface area contributed by atoms with E-state index in [1.807, 2.05) is 32.0 Å². The summed E-state index contributed by atoms with van der Waals surface area (Å²) in [5, 5.41) is 32.7. The van der Waals surface area contributed by atoms with Crippen molar-refractivity contribution in [3.05, 3.63) is 218 Å². The Bertz CT molecular complexity index is 4150. The van der Waals surface area contributed by atoms with Gasteiger partial charge in [0.2, 0.25) is 5.88 Å². The van der Waals surface area contributed by atoms with Crippen LogP contribution in [0.3, 0.4) is 0 Å². The predicted molar refractivity (Wildman–Crippen MR) is 438 cm³/mol. The van der Waals surface area contributed by atoms with Crippen molar-refractivity contribution in [1.82, 2.24) is 34.9 Å². The number of carbonyl (C=O) groups is 2. The molecule has 0 saturated heterocycles. The average molecular weight is 1580 g/mol. The number of aryl methyl sites for hydroxylation is 5. The number of ether oxygens (including phenoxy) is 6. The zero-order valence-electron chi connectivity index (χ0n) is 57.1. The van der Waals surface area contributed by atoms with E-state index in [2.05, 4.69) is 66.0 Å². The highest BCUT2D eigenvalue weighted by molar-refractivity contribution is 6.31. The summed E-state index contributed by atoms with van der Waals surface area (Å²) in [6.45, 7) is 10.9. The summed E-state index contributed by atoms with van der Waals surface area (Å²) in [7, 11) is 4.69. The van der Waals surface area contributed by atoms with Crippen LogP contribution in [-0.4, -0.2) is 111 Å². The van der Waals surface area contributed by atoms with E-state index in [1.54, 1.807) is 81.6 Å². The predicted octanol–water partition coefficient (Wildman–Crippen LogP) is 22.2. The van der Waals surface area contributed by atoms with Crippen molar-refractivity contribution >= 4 is 99.1 Å². The molecule has 10 aromatic rings. The number of pyridine rings is 7. The number of nitrogens with zero attached hydrogens (tertiary/aromatic N) is 8. The zero-order valence-corrected chi connectivity index (χ0v) is 60.2. The number of aromatic nitrogens is 7. The molecule has 2 aromatic carbocycles. The van der Waals surface area contributed by atoms with Gasteiger partial charge >= 0.3 is 0 Å². The Morgan fingerprint density at radius 1 is 0.491 bits per heavy atom. The van der Waals surface area contributed by atoms with E-state index in [0.717, 1.165) is 85.9 Å². The van der Waals surface area contributed by atoms with Gasteiger partial charge in [0, 0.05) is 87.6 Å². The number of aromatic hydroxyl groups is 3. The lowest BCUT2D eigenvalue weighted by atomic mass is 10.1. The van der Waals surface area contributed by atoms with Crippen molar-refractivity contribution in [2.45, 2.75) is 151 Å². The van der Waals surface area contributed by atoms with Gasteiger partial charge in [0.1, 0.15) is 34.6 Å². The van der Waals surface area contributed by atoms with Gasteiger partial charge in [-0.25, -0.2) is 18.7 Å². The van der Waals surface area contributed by atoms with E-state index in [1.165, 1.54) is 68.2 Å². The lowest BCUT2D eigenvalue weighted by Crippen LogP contribution is -2.06. The number of aliphatic imine (C=N–C) groups is 1. The first kappa shape index (κ1) is 105. The number of carbonyl (C=O) groups excluding carboxylic acids is 2. The summed E-state index contributed by atoms with van der Waals surface area (Å²) in [5.74, 6) is 1.39. The standard InChI is InChI=1S/C16H15ClFN3O.C15H14ClFN2O.C11H15NO3.C10H15NO2.C9H11NO2.C7H8ClNO2.C5H4ClNO.7CH4/c1-2-3-13-15-10(6-7-20-13)14(16(19)22-15)21-9-4-5-12(18)11(17)8-9;1-2-3-14-15(20)10(6-7-18-14)9-19-11-4-5-13(17)12(16)8-11;1-3-4-10-11(15-8-14-2)9(7-13)5-6-12-10;1-3-5-9-10(13-8-12-2)6-4-7-11-9;1-2-3-8-9(12)7(6-11)4-5-10-8;1-10-5-11-6-3-2-4-9-7(6)8;6-5-4(8)2-1-3-7-5;;;;;;;/h4-8,21H,2-3,19H2,1H3;4-9,20H,2-3H2,1H3;5-7H,3-4,8H2,1-2H3;4,6-7H,3,5,8H2,1-2H3;4-6,12H,2-3H2,1H3;2-4H,5H2,1H3;1-3,8H;7*1H4. The molecule has 0 aliphatic rings. The summed E-state index contributed by atoms with van der Waals surface area (Å²) >= 11 is 22.5. The van der Waals surface area contributed by atoms with Gasteiger partial charge in [-0.2, -0.15) is 0 Å². The number of furan rings is 1. The molecule has 0 unspecified atom stereocenters. The summed E-state index contributed by atoms with van der Waals surface area (Å²) in [4.78, 5) is 53.6. The number of rotatable bonds is 25. The molecule has 0 aliphatic carbocycles. The molecule has 108 heavy (non-hydrogen) atoms. The summed E-state index contributed by atoms with van der Waals surface area (Å²) in [6, 6.07) is 25.6. The molecule has 0 saturated carbocycles. The van der Waals surface area contributed by atoms with Gasteiger partial charge in [-0.3, -0.25) is 39.5 Å². The summed E-state index contributed by atoms with van der Waals surface area (Å²) < 4.78 is 62.0. The number of halogens is 6.